The molecule has 0 aliphatic carbocycles. The fourth-order valence-corrected chi connectivity index (χ4v) is 3.18. The van der Waals surface area contributed by atoms with Gasteiger partial charge < -0.3 is 10.6 Å². The second-order valence-corrected chi connectivity index (χ2v) is 6.98. The van der Waals surface area contributed by atoms with E-state index in [4.69, 9.17) is 0 Å². The molecule has 0 aliphatic rings. The Hall–Kier alpha value is -2.21. The largest absolute Gasteiger partial charge is 0.345 e. The van der Waals surface area contributed by atoms with Crippen molar-refractivity contribution in [1.82, 2.24) is 15.6 Å². The van der Waals surface area contributed by atoms with E-state index < -0.39 is 6.04 Å². The van der Waals surface area contributed by atoms with Gasteiger partial charge in [-0.05, 0) is 12.8 Å². The quantitative estimate of drug-likeness (QED) is 0.845. The van der Waals surface area contributed by atoms with Crippen LogP contribution in [0.15, 0.2) is 35.7 Å². The third-order valence-electron chi connectivity index (χ3n) is 3.63. The van der Waals surface area contributed by atoms with E-state index in [9.17, 15) is 9.59 Å². The Morgan fingerprint density at radius 1 is 1.08 bits per heavy atom. The molecule has 0 bridgehead atoms. The predicted molar refractivity (Wildman–Crippen MR) is 96.6 cm³/mol. The molecule has 5 nitrogen and oxygen atoms in total. The monoisotopic (exact) mass is 345 g/mol. The van der Waals surface area contributed by atoms with Gasteiger partial charge in [0.1, 0.15) is 11.0 Å². The highest BCUT2D eigenvalue weighted by Gasteiger charge is 2.25. The summed E-state index contributed by atoms with van der Waals surface area (Å²) in [5.41, 5.74) is 1.95. The minimum atomic E-state index is -0.543. The Labute approximate surface area is 146 Å². The molecule has 0 aliphatic heterocycles. The molecule has 6 heteroatoms. The lowest BCUT2D eigenvalue weighted by molar-refractivity contribution is -0.129. The van der Waals surface area contributed by atoms with E-state index in [1.54, 1.807) is 0 Å². The van der Waals surface area contributed by atoms with Gasteiger partial charge in [0.25, 0.3) is 0 Å². The van der Waals surface area contributed by atoms with E-state index >= 15 is 0 Å². The molecule has 2 rings (SSSR count). The van der Waals surface area contributed by atoms with Gasteiger partial charge in [0.05, 0.1) is 11.7 Å². The van der Waals surface area contributed by atoms with Gasteiger partial charge in [-0.25, -0.2) is 4.98 Å². The van der Waals surface area contributed by atoms with Gasteiger partial charge in [-0.15, -0.1) is 11.3 Å². The Kier molecular flexibility index (Phi) is 6.09. The van der Waals surface area contributed by atoms with E-state index in [1.165, 1.54) is 18.3 Å². The van der Waals surface area contributed by atoms with Crippen molar-refractivity contribution in [3.63, 3.8) is 0 Å². The molecule has 1 heterocycles. The molecule has 128 valence electrons. The van der Waals surface area contributed by atoms with Crippen LogP contribution in [0.2, 0.25) is 0 Å². The number of nitrogens with zero attached hydrogens (tertiary/aromatic N) is 1. The molecule has 0 saturated heterocycles. The van der Waals surface area contributed by atoms with Gasteiger partial charge in [0, 0.05) is 17.9 Å². The topological polar surface area (TPSA) is 71.1 Å². The molecule has 0 saturated carbocycles. The van der Waals surface area contributed by atoms with Crippen LogP contribution in [0.4, 0.5) is 0 Å². The molecule has 1 aromatic heterocycles. The van der Waals surface area contributed by atoms with Crippen molar-refractivity contribution < 1.29 is 9.59 Å². The van der Waals surface area contributed by atoms with Crippen molar-refractivity contribution >= 4 is 23.2 Å². The van der Waals surface area contributed by atoms with Crippen molar-refractivity contribution in [2.24, 2.45) is 5.92 Å². The number of nitrogens with one attached hydrogen (secondary N) is 2. The van der Waals surface area contributed by atoms with Crippen LogP contribution in [0.1, 0.15) is 38.7 Å². The summed E-state index contributed by atoms with van der Waals surface area (Å²) >= 11 is 1.52. The van der Waals surface area contributed by atoms with Crippen LogP contribution in [0.3, 0.4) is 0 Å². The molecule has 2 aromatic rings. The number of rotatable bonds is 6. The summed E-state index contributed by atoms with van der Waals surface area (Å²) < 4.78 is 0. The molecule has 2 amide bonds. The fraction of sp³-hybridized carbons (Fsp3) is 0.389. The van der Waals surface area contributed by atoms with Crippen molar-refractivity contribution in [2.75, 3.05) is 0 Å². The normalized spacial score (nSPS) is 13.4. The molecule has 0 spiro atoms. The first-order chi connectivity index (χ1) is 11.4. The summed E-state index contributed by atoms with van der Waals surface area (Å²) in [7, 11) is 0. The summed E-state index contributed by atoms with van der Waals surface area (Å²) in [6.07, 6.45) is 0. The second kappa shape index (κ2) is 8.06. The van der Waals surface area contributed by atoms with Crippen LogP contribution in [0, 0.1) is 5.92 Å². The van der Waals surface area contributed by atoms with Crippen molar-refractivity contribution in [3.05, 3.63) is 40.7 Å². The Balaban J connectivity index is 2.06. The lowest BCUT2D eigenvalue weighted by Gasteiger charge is -2.22. The lowest BCUT2D eigenvalue weighted by Crippen LogP contribution is -2.49. The molecule has 1 aromatic carbocycles. The van der Waals surface area contributed by atoms with Crippen LogP contribution in [0.25, 0.3) is 11.3 Å². The summed E-state index contributed by atoms with van der Waals surface area (Å²) in [6, 6.07) is 9.17. The maximum atomic E-state index is 12.4. The van der Waals surface area contributed by atoms with Crippen LogP contribution in [0.5, 0.6) is 0 Å². The van der Waals surface area contributed by atoms with E-state index in [2.05, 4.69) is 15.6 Å². The number of carbonyl (C=O) groups is 2. The van der Waals surface area contributed by atoms with Gasteiger partial charge in [0.15, 0.2) is 0 Å². The number of amides is 2. The number of thiazole rings is 1. The highest BCUT2D eigenvalue weighted by atomic mass is 32.1. The Morgan fingerprint density at radius 3 is 2.33 bits per heavy atom. The van der Waals surface area contributed by atoms with Gasteiger partial charge in [-0.1, -0.05) is 44.2 Å². The molecule has 2 atom stereocenters. The SMILES string of the molecule is CC(=O)N[C@@H](C(=O)N[C@H](C)c1nc(-c2ccccc2)cs1)C(C)C. The predicted octanol–water partition coefficient (Wildman–Crippen LogP) is 3.15. The Bertz CT molecular complexity index is 697. The average molecular weight is 345 g/mol. The minimum Gasteiger partial charge on any atom is -0.345 e. The third-order valence-corrected chi connectivity index (χ3v) is 4.66. The van der Waals surface area contributed by atoms with Crippen LogP contribution in [-0.4, -0.2) is 22.8 Å². The van der Waals surface area contributed by atoms with Crippen molar-refractivity contribution in [2.45, 2.75) is 39.8 Å². The first kappa shape index (κ1) is 18.1. The second-order valence-electron chi connectivity index (χ2n) is 6.09. The van der Waals surface area contributed by atoms with Crippen LogP contribution < -0.4 is 10.6 Å². The molecular weight excluding hydrogens is 322 g/mol. The first-order valence-corrected chi connectivity index (χ1v) is 8.84. The van der Waals surface area contributed by atoms with Crippen molar-refractivity contribution in [1.29, 1.82) is 0 Å². The molecular formula is C18H23N3O2S. The maximum Gasteiger partial charge on any atom is 0.243 e. The zero-order chi connectivity index (χ0) is 17.7. The van der Waals surface area contributed by atoms with Gasteiger partial charge in [-0.3, -0.25) is 9.59 Å². The number of aromatic nitrogens is 1. The third kappa shape index (κ3) is 4.64. The lowest BCUT2D eigenvalue weighted by atomic mass is 10.0. The zero-order valence-electron chi connectivity index (χ0n) is 14.4. The number of carbonyl (C=O) groups excluding carboxylic acids is 2. The smallest absolute Gasteiger partial charge is 0.243 e. The van der Waals surface area contributed by atoms with Crippen LogP contribution >= 0.6 is 11.3 Å². The Morgan fingerprint density at radius 2 is 1.75 bits per heavy atom. The number of hydrogen-bond donors (Lipinski definition) is 2. The van der Waals surface area contributed by atoms with E-state index in [-0.39, 0.29) is 23.8 Å². The maximum absolute atomic E-state index is 12.4. The van der Waals surface area contributed by atoms with E-state index in [0.29, 0.717) is 0 Å². The first-order valence-electron chi connectivity index (χ1n) is 7.96. The van der Waals surface area contributed by atoms with Gasteiger partial charge >= 0.3 is 0 Å². The summed E-state index contributed by atoms with van der Waals surface area (Å²) in [5, 5.41) is 8.47. The molecule has 0 unspecified atom stereocenters. The standard InChI is InChI=1S/C18H23N3O2S/c1-11(2)16(20-13(4)22)17(23)19-12(3)18-21-15(10-24-18)14-8-6-5-7-9-14/h5-12,16H,1-4H3,(H,19,23)(H,20,22)/t12-,16-/m1/s1. The minimum absolute atomic E-state index is 0.0114. The number of hydrogen-bond acceptors (Lipinski definition) is 4. The summed E-state index contributed by atoms with van der Waals surface area (Å²) in [4.78, 5) is 28.3. The van der Waals surface area contributed by atoms with E-state index in [0.717, 1.165) is 16.3 Å². The fourth-order valence-electron chi connectivity index (χ4n) is 2.35. The molecule has 0 fully saturated rings. The highest BCUT2D eigenvalue weighted by molar-refractivity contribution is 7.10. The van der Waals surface area contributed by atoms with Gasteiger partial charge in [0.2, 0.25) is 11.8 Å². The molecule has 24 heavy (non-hydrogen) atoms. The van der Waals surface area contributed by atoms with Crippen LogP contribution in [-0.2, 0) is 9.59 Å². The van der Waals surface area contributed by atoms with Gasteiger partial charge in [-0.2, -0.15) is 0 Å². The summed E-state index contributed by atoms with van der Waals surface area (Å²) in [6.45, 7) is 7.12. The van der Waals surface area contributed by atoms with Crippen molar-refractivity contribution in [3.8, 4) is 11.3 Å². The van der Waals surface area contributed by atoms with E-state index in [1.807, 2.05) is 56.5 Å². The number of benzene rings is 1. The highest BCUT2D eigenvalue weighted by Crippen LogP contribution is 2.25. The average Bonchev–Trinajstić information content (AvgIpc) is 3.03. The summed E-state index contributed by atoms with van der Waals surface area (Å²) in [5.74, 6) is -0.390. The molecule has 0 radical (unpaired) electrons. The zero-order valence-corrected chi connectivity index (χ0v) is 15.2. The molecule has 2 N–H and O–H groups in total.